The molecule has 1 aliphatic heterocycles. The fourth-order valence-corrected chi connectivity index (χ4v) is 5.95. The van der Waals surface area contributed by atoms with Gasteiger partial charge in [0.1, 0.15) is 0 Å². The molecule has 0 bridgehead atoms. The second-order valence-electron chi connectivity index (χ2n) is 9.63. The van der Waals surface area contributed by atoms with Crippen LogP contribution in [0.2, 0.25) is 0 Å². The van der Waals surface area contributed by atoms with Gasteiger partial charge in [-0.1, -0.05) is 60.7 Å². The normalized spacial score (nSPS) is 14.7. The van der Waals surface area contributed by atoms with Crippen LogP contribution in [-0.4, -0.2) is 38.6 Å². The van der Waals surface area contributed by atoms with Gasteiger partial charge < -0.3 is 4.90 Å². The molecule has 0 N–H and O–H groups in total. The fourth-order valence-electron chi connectivity index (χ4n) is 4.95. The number of para-hydroxylation sites is 1. The smallest absolute Gasteiger partial charge is 0.253 e. The largest absolute Gasteiger partial charge is 0.339 e. The first kappa shape index (κ1) is 25.0. The maximum absolute atomic E-state index is 13.1. The van der Waals surface area contributed by atoms with Crippen LogP contribution < -0.4 is 4.31 Å². The summed E-state index contributed by atoms with van der Waals surface area (Å²) in [4.78, 5) is 15.0. The number of hydrogen-bond donors (Lipinski definition) is 0. The standard InChI is InChI=1S/C29H34N2O3S/c1-22-8-7-9-23(2)28(22)31(35(3,33)34)21-26-12-14-27(15-13-26)29(32)30-18-16-25(17-19-30)20-24-10-5-4-6-11-24/h4-15,25H,16-21H2,1-3H3. The number of hydrogen-bond acceptors (Lipinski definition) is 3. The highest BCUT2D eigenvalue weighted by molar-refractivity contribution is 7.92. The molecule has 0 spiro atoms. The van der Waals surface area contributed by atoms with E-state index in [0.717, 1.165) is 49.0 Å². The highest BCUT2D eigenvalue weighted by atomic mass is 32.2. The van der Waals surface area contributed by atoms with Crippen molar-refractivity contribution in [3.8, 4) is 0 Å². The van der Waals surface area contributed by atoms with Crippen molar-refractivity contribution in [2.24, 2.45) is 5.92 Å². The van der Waals surface area contributed by atoms with Gasteiger partial charge in [-0.15, -0.1) is 0 Å². The van der Waals surface area contributed by atoms with Crippen LogP contribution in [0, 0.1) is 19.8 Å². The Labute approximate surface area is 209 Å². The molecular weight excluding hydrogens is 456 g/mol. The molecule has 0 aliphatic carbocycles. The van der Waals surface area contributed by atoms with Gasteiger partial charge in [0.25, 0.3) is 5.91 Å². The topological polar surface area (TPSA) is 57.7 Å². The highest BCUT2D eigenvalue weighted by Gasteiger charge is 2.25. The lowest BCUT2D eigenvalue weighted by Gasteiger charge is -2.32. The van der Waals surface area contributed by atoms with E-state index in [-0.39, 0.29) is 12.5 Å². The third-order valence-electron chi connectivity index (χ3n) is 6.89. The SMILES string of the molecule is Cc1cccc(C)c1N(Cc1ccc(C(=O)N2CCC(Cc3ccccc3)CC2)cc1)S(C)(=O)=O. The molecule has 1 saturated heterocycles. The minimum atomic E-state index is -3.47. The van der Waals surface area contributed by atoms with Crippen LogP contribution in [0.15, 0.2) is 72.8 Å². The zero-order chi connectivity index (χ0) is 25.0. The minimum Gasteiger partial charge on any atom is -0.339 e. The molecule has 5 nitrogen and oxygen atoms in total. The predicted octanol–water partition coefficient (Wildman–Crippen LogP) is 5.36. The molecule has 6 heteroatoms. The second kappa shape index (κ2) is 10.6. The van der Waals surface area contributed by atoms with Crippen molar-refractivity contribution in [2.45, 2.75) is 39.7 Å². The summed E-state index contributed by atoms with van der Waals surface area (Å²) >= 11 is 0. The van der Waals surface area contributed by atoms with E-state index in [4.69, 9.17) is 0 Å². The number of carbonyl (C=O) groups is 1. The Morgan fingerprint density at radius 3 is 2.03 bits per heavy atom. The lowest BCUT2D eigenvalue weighted by atomic mass is 9.90. The Morgan fingerprint density at radius 1 is 0.857 bits per heavy atom. The van der Waals surface area contributed by atoms with Gasteiger partial charge in [-0.05, 0) is 73.4 Å². The number of aryl methyl sites for hydroxylation is 2. The molecule has 1 amide bonds. The Morgan fingerprint density at radius 2 is 1.46 bits per heavy atom. The van der Waals surface area contributed by atoms with Gasteiger partial charge in [-0.3, -0.25) is 9.10 Å². The molecule has 0 saturated carbocycles. The van der Waals surface area contributed by atoms with E-state index >= 15 is 0 Å². The number of nitrogens with zero attached hydrogens (tertiary/aromatic N) is 2. The Kier molecular flexibility index (Phi) is 7.60. The van der Waals surface area contributed by atoms with Gasteiger partial charge in [0.2, 0.25) is 10.0 Å². The van der Waals surface area contributed by atoms with Crippen LogP contribution in [-0.2, 0) is 23.0 Å². The first-order valence-electron chi connectivity index (χ1n) is 12.2. The molecule has 3 aromatic rings. The predicted molar refractivity (Wildman–Crippen MR) is 142 cm³/mol. The summed E-state index contributed by atoms with van der Waals surface area (Å²) in [7, 11) is -3.47. The fraction of sp³-hybridized carbons (Fsp3) is 0.345. The zero-order valence-electron chi connectivity index (χ0n) is 20.8. The van der Waals surface area contributed by atoms with Crippen LogP contribution in [0.4, 0.5) is 5.69 Å². The Balaban J connectivity index is 1.40. The quantitative estimate of drug-likeness (QED) is 0.448. The van der Waals surface area contributed by atoms with E-state index in [2.05, 4.69) is 24.3 Å². The van der Waals surface area contributed by atoms with Crippen molar-refractivity contribution in [3.63, 3.8) is 0 Å². The van der Waals surface area contributed by atoms with Crippen molar-refractivity contribution in [3.05, 3.63) is 101 Å². The second-order valence-corrected chi connectivity index (χ2v) is 11.5. The van der Waals surface area contributed by atoms with Gasteiger partial charge in [-0.25, -0.2) is 8.42 Å². The van der Waals surface area contributed by atoms with Crippen LogP contribution in [0.1, 0.15) is 45.5 Å². The lowest BCUT2D eigenvalue weighted by molar-refractivity contribution is 0.0690. The van der Waals surface area contributed by atoms with Crippen LogP contribution in [0.5, 0.6) is 0 Å². The molecule has 0 radical (unpaired) electrons. The van der Waals surface area contributed by atoms with Gasteiger partial charge in [0, 0.05) is 18.7 Å². The molecule has 0 atom stereocenters. The van der Waals surface area contributed by atoms with Crippen molar-refractivity contribution < 1.29 is 13.2 Å². The Hall–Kier alpha value is -3.12. The van der Waals surface area contributed by atoms with E-state index in [9.17, 15) is 13.2 Å². The average molecular weight is 491 g/mol. The van der Waals surface area contributed by atoms with E-state index in [1.807, 2.05) is 67.3 Å². The van der Waals surface area contributed by atoms with Crippen LogP contribution in [0.3, 0.4) is 0 Å². The molecule has 1 aliphatic rings. The van der Waals surface area contributed by atoms with E-state index in [0.29, 0.717) is 17.2 Å². The van der Waals surface area contributed by atoms with Crippen molar-refractivity contribution >= 4 is 21.6 Å². The summed E-state index contributed by atoms with van der Waals surface area (Å²) in [6.45, 7) is 5.61. The number of rotatable bonds is 7. The summed E-state index contributed by atoms with van der Waals surface area (Å²) in [5, 5.41) is 0. The molecule has 184 valence electrons. The lowest BCUT2D eigenvalue weighted by Crippen LogP contribution is -2.38. The van der Waals surface area contributed by atoms with Crippen LogP contribution in [0.25, 0.3) is 0 Å². The summed E-state index contributed by atoms with van der Waals surface area (Å²) < 4.78 is 26.7. The first-order chi connectivity index (χ1) is 16.7. The summed E-state index contributed by atoms with van der Waals surface area (Å²) in [6.07, 6.45) is 4.32. The molecular formula is C29H34N2O3S. The number of anilines is 1. The van der Waals surface area contributed by atoms with E-state index in [1.54, 1.807) is 0 Å². The van der Waals surface area contributed by atoms with Gasteiger partial charge in [-0.2, -0.15) is 0 Å². The van der Waals surface area contributed by atoms with E-state index < -0.39 is 10.0 Å². The van der Waals surface area contributed by atoms with Crippen molar-refractivity contribution in [1.29, 1.82) is 0 Å². The highest BCUT2D eigenvalue weighted by Crippen LogP contribution is 2.29. The number of likely N-dealkylation sites (tertiary alicyclic amines) is 1. The number of carbonyl (C=O) groups excluding carboxylic acids is 1. The van der Waals surface area contributed by atoms with Gasteiger partial charge in [0.05, 0.1) is 18.5 Å². The summed E-state index contributed by atoms with van der Waals surface area (Å²) in [5.41, 5.74) is 5.39. The first-order valence-corrected chi connectivity index (χ1v) is 14.0. The van der Waals surface area contributed by atoms with Gasteiger partial charge >= 0.3 is 0 Å². The zero-order valence-corrected chi connectivity index (χ0v) is 21.6. The third kappa shape index (κ3) is 6.12. The maximum atomic E-state index is 13.1. The molecule has 1 heterocycles. The molecule has 0 unspecified atom stereocenters. The Bertz CT molecular complexity index is 1240. The molecule has 0 aromatic heterocycles. The summed E-state index contributed by atoms with van der Waals surface area (Å²) in [6, 6.07) is 23.7. The third-order valence-corrected chi connectivity index (χ3v) is 8.00. The number of amides is 1. The number of benzene rings is 3. The minimum absolute atomic E-state index is 0.0458. The maximum Gasteiger partial charge on any atom is 0.253 e. The van der Waals surface area contributed by atoms with E-state index in [1.165, 1.54) is 16.1 Å². The molecule has 4 rings (SSSR count). The van der Waals surface area contributed by atoms with Gasteiger partial charge in [0.15, 0.2) is 0 Å². The molecule has 3 aromatic carbocycles. The average Bonchev–Trinajstić information content (AvgIpc) is 2.84. The van der Waals surface area contributed by atoms with Crippen molar-refractivity contribution in [2.75, 3.05) is 23.7 Å². The number of piperidine rings is 1. The summed E-state index contributed by atoms with van der Waals surface area (Å²) in [5.74, 6) is 0.653. The van der Waals surface area contributed by atoms with Crippen LogP contribution >= 0.6 is 0 Å². The molecule has 1 fully saturated rings. The molecule has 35 heavy (non-hydrogen) atoms. The number of sulfonamides is 1. The van der Waals surface area contributed by atoms with Crippen molar-refractivity contribution in [1.82, 2.24) is 4.90 Å². The monoisotopic (exact) mass is 490 g/mol.